The highest BCUT2D eigenvalue weighted by molar-refractivity contribution is 7.90. The average molecular weight is 570 g/mol. The van der Waals surface area contributed by atoms with Gasteiger partial charge < -0.3 is 15.1 Å². The molecule has 2 aromatic carbocycles. The zero-order valence-corrected chi connectivity index (χ0v) is 22.9. The highest BCUT2D eigenvalue weighted by Crippen LogP contribution is 2.52. The van der Waals surface area contributed by atoms with Gasteiger partial charge in [0.1, 0.15) is 6.23 Å². The molecule has 0 spiro atoms. The zero-order valence-electron chi connectivity index (χ0n) is 20.5. The number of amides is 1. The Labute approximate surface area is 226 Å². The molecule has 1 aliphatic heterocycles. The Morgan fingerprint density at radius 3 is 2.35 bits per heavy atom. The van der Waals surface area contributed by atoms with Crippen molar-refractivity contribution in [2.75, 3.05) is 13.6 Å². The molecule has 0 radical (unpaired) electrons. The molecule has 37 heavy (non-hydrogen) atoms. The highest BCUT2D eigenvalue weighted by Gasteiger charge is 2.53. The summed E-state index contributed by atoms with van der Waals surface area (Å²) in [5.41, 5.74) is 0.0935. The molecule has 4 atom stereocenters. The summed E-state index contributed by atoms with van der Waals surface area (Å²) in [6.07, 6.45) is -0.665. The van der Waals surface area contributed by atoms with Gasteiger partial charge in [0.15, 0.2) is 0 Å². The number of aliphatic hydroxyl groups is 1. The molecule has 4 rings (SSSR count). The fourth-order valence-electron chi connectivity index (χ4n) is 5.25. The lowest BCUT2D eigenvalue weighted by Gasteiger charge is -2.50. The van der Waals surface area contributed by atoms with Crippen LogP contribution in [0, 0.1) is 5.41 Å². The molecule has 1 amide bonds. The third-order valence-corrected chi connectivity index (χ3v) is 10.1. The average Bonchev–Trinajstić information content (AvgIpc) is 3.67. The van der Waals surface area contributed by atoms with Crippen molar-refractivity contribution in [2.45, 2.75) is 56.0 Å². The van der Waals surface area contributed by atoms with Gasteiger partial charge in [-0.05, 0) is 54.7 Å². The van der Waals surface area contributed by atoms with Crippen LogP contribution in [0.4, 0.5) is 0 Å². The number of hydrogen-bond donors (Lipinski definition) is 2. The third kappa shape index (κ3) is 5.81. The molecule has 1 unspecified atom stereocenters. The van der Waals surface area contributed by atoms with Gasteiger partial charge >= 0.3 is 5.97 Å². The summed E-state index contributed by atoms with van der Waals surface area (Å²) in [5, 5.41) is 21.6. The van der Waals surface area contributed by atoms with E-state index in [9.17, 15) is 28.2 Å². The van der Waals surface area contributed by atoms with E-state index in [1.807, 2.05) is 6.07 Å². The van der Waals surface area contributed by atoms with E-state index in [0.717, 1.165) is 9.87 Å². The van der Waals surface area contributed by atoms with E-state index in [1.165, 1.54) is 11.9 Å². The lowest BCUT2D eigenvalue weighted by Crippen LogP contribution is -2.58. The number of aliphatic hydroxyl groups excluding tert-OH is 1. The number of likely N-dealkylation sites (N-methyl/N-ethyl adjacent to an activating group) is 1. The summed E-state index contributed by atoms with van der Waals surface area (Å²) in [5.74, 6) is -2.15. The second-order valence-corrected chi connectivity index (χ2v) is 13.4. The maximum Gasteiger partial charge on any atom is 0.304 e. The molecule has 0 bridgehead atoms. The minimum absolute atomic E-state index is 0.186. The molecule has 1 saturated heterocycles. The Morgan fingerprint density at radius 2 is 1.78 bits per heavy atom. The smallest absolute Gasteiger partial charge is 0.304 e. The van der Waals surface area contributed by atoms with Gasteiger partial charge in [0.2, 0.25) is 15.9 Å². The van der Waals surface area contributed by atoms with Crippen molar-refractivity contribution in [3.8, 4) is 0 Å². The minimum atomic E-state index is -3.62. The summed E-state index contributed by atoms with van der Waals surface area (Å²) in [7, 11) is -2.24. The van der Waals surface area contributed by atoms with Crippen molar-refractivity contribution in [1.29, 1.82) is 0 Å². The second-order valence-electron chi connectivity index (χ2n) is 10.2. The third-order valence-electron chi connectivity index (χ3n) is 7.25. The number of nitrogens with zero attached hydrogens (tertiary/aromatic N) is 2. The molecule has 11 heteroatoms. The molecule has 0 aromatic heterocycles. The second kappa shape index (κ2) is 10.5. The number of benzene rings is 2. The Kier molecular flexibility index (Phi) is 7.93. The van der Waals surface area contributed by atoms with Gasteiger partial charge in [0.25, 0.3) is 0 Å². The molecular formula is C26H30Cl2N2O6S. The maximum absolute atomic E-state index is 14.0. The van der Waals surface area contributed by atoms with Crippen LogP contribution in [-0.4, -0.2) is 64.8 Å². The fraction of sp³-hybridized carbons (Fsp3) is 0.462. The summed E-state index contributed by atoms with van der Waals surface area (Å²) < 4.78 is 26.6. The van der Waals surface area contributed by atoms with E-state index in [4.69, 9.17) is 23.2 Å². The summed E-state index contributed by atoms with van der Waals surface area (Å²) in [4.78, 5) is 27.0. The van der Waals surface area contributed by atoms with Gasteiger partial charge in [-0.15, -0.1) is 0 Å². The summed E-state index contributed by atoms with van der Waals surface area (Å²) in [6, 6.07) is 13.2. The van der Waals surface area contributed by atoms with Crippen molar-refractivity contribution in [3.63, 3.8) is 0 Å². The number of piperidine rings is 1. The fourth-order valence-corrected chi connectivity index (χ4v) is 7.16. The first-order chi connectivity index (χ1) is 17.3. The van der Waals surface area contributed by atoms with E-state index < -0.39 is 57.2 Å². The molecule has 1 aliphatic carbocycles. The Morgan fingerprint density at radius 1 is 1.14 bits per heavy atom. The molecule has 2 fully saturated rings. The molecule has 200 valence electrons. The zero-order chi connectivity index (χ0) is 27.1. The van der Waals surface area contributed by atoms with Gasteiger partial charge in [0.05, 0.1) is 29.7 Å². The molecular weight excluding hydrogens is 539 g/mol. The number of carboxylic acids is 1. The van der Waals surface area contributed by atoms with Crippen LogP contribution in [0.1, 0.15) is 55.7 Å². The predicted octanol–water partition coefficient (Wildman–Crippen LogP) is 4.27. The van der Waals surface area contributed by atoms with Crippen LogP contribution >= 0.6 is 23.2 Å². The number of halogens is 2. The SMILES string of the molecule is CN(C[C@@H](O)N1C(=O)C(C)(CC(=O)O)C[C@H](c2cccc(Cl)c2)[C@H]1c1ccc(Cl)cc1)S(=O)(=O)C1CC1. The number of likely N-dealkylation sites (tertiary alicyclic amines) is 1. The lowest BCUT2D eigenvalue weighted by molar-refractivity contribution is -0.170. The number of carbonyl (C=O) groups is 2. The molecule has 2 aliphatic rings. The van der Waals surface area contributed by atoms with Crippen molar-refractivity contribution < 1.29 is 28.2 Å². The van der Waals surface area contributed by atoms with Gasteiger partial charge in [-0.1, -0.05) is 54.4 Å². The number of rotatable bonds is 9. The van der Waals surface area contributed by atoms with Crippen molar-refractivity contribution in [3.05, 3.63) is 69.7 Å². The lowest BCUT2D eigenvalue weighted by atomic mass is 9.67. The Balaban J connectivity index is 1.83. The van der Waals surface area contributed by atoms with E-state index in [1.54, 1.807) is 49.4 Å². The van der Waals surface area contributed by atoms with Crippen LogP contribution in [0.3, 0.4) is 0 Å². The molecule has 1 heterocycles. The first-order valence-electron chi connectivity index (χ1n) is 12.0. The number of carboxylic acid groups (broad SMARTS) is 1. The van der Waals surface area contributed by atoms with E-state index in [2.05, 4.69) is 0 Å². The molecule has 1 saturated carbocycles. The van der Waals surface area contributed by atoms with Gasteiger partial charge in [-0.3, -0.25) is 9.59 Å². The quantitative estimate of drug-likeness (QED) is 0.466. The summed E-state index contributed by atoms with van der Waals surface area (Å²) in [6.45, 7) is 1.23. The van der Waals surface area contributed by atoms with Crippen molar-refractivity contribution in [2.24, 2.45) is 5.41 Å². The van der Waals surface area contributed by atoms with E-state index in [0.29, 0.717) is 28.5 Å². The maximum atomic E-state index is 14.0. The van der Waals surface area contributed by atoms with Gasteiger partial charge in [0, 0.05) is 23.0 Å². The van der Waals surface area contributed by atoms with Crippen LogP contribution in [0.25, 0.3) is 0 Å². The van der Waals surface area contributed by atoms with Gasteiger partial charge in [-0.25, -0.2) is 12.7 Å². The predicted molar refractivity (Wildman–Crippen MR) is 141 cm³/mol. The number of hydrogen-bond acceptors (Lipinski definition) is 5. The monoisotopic (exact) mass is 568 g/mol. The van der Waals surface area contributed by atoms with Crippen LogP contribution in [-0.2, 0) is 19.6 Å². The van der Waals surface area contributed by atoms with Crippen LogP contribution in [0.15, 0.2) is 48.5 Å². The first-order valence-corrected chi connectivity index (χ1v) is 14.3. The van der Waals surface area contributed by atoms with E-state index >= 15 is 0 Å². The number of carbonyl (C=O) groups excluding carboxylic acids is 1. The molecule has 2 N–H and O–H groups in total. The van der Waals surface area contributed by atoms with Crippen molar-refractivity contribution in [1.82, 2.24) is 9.21 Å². The molecule has 8 nitrogen and oxygen atoms in total. The van der Waals surface area contributed by atoms with E-state index in [-0.39, 0.29) is 13.0 Å². The standard InChI is InChI=1S/C26H30Cl2N2O6S/c1-26(14-23(32)33)13-21(17-4-3-5-19(28)12-17)24(16-6-8-18(27)9-7-16)30(25(26)34)22(31)15-29(2)37(35,36)20-10-11-20/h3-9,12,20-22,24,31H,10-11,13-15H2,1-2H3,(H,32,33)/t21-,22-,24-,26?/m1/s1. The minimum Gasteiger partial charge on any atom is -0.481 e. The van der Waals surface area contributed by atoms with Crippen LogP contribution in [0.2, 0.25) is 10.0 Å². The first kappa shape index (κ1) is 27.9. The normalized spacial score (nSPS) is 25.4. The topological polar surface area (TPSA) is 115 Å². The number of sulfonamides is 1. The molecule has 2 aromatic rings. The van der Waals surface area contributed by atoms with Gasteiger partial charge in [-0.2, -0.15) is 0 Å². The van der Waals surface area contributed by atoms with Crippen molar-refractivity contribution >= 4 is 45.1 Å². The Bertz CT molecular complexity index is 1280. The van der Waals surface area contributed by atoms with Crippen LogP contribution < -0.4 is 0 Å². The summed E-state index contributed by atoms with van der Waals surface area (Å²) >= 11 is 12.4. The highest BCUT2D eigenvalue weighted by atomic mass is 35.5. The Hall–Kier alpha value is -2.17. The number of aliphatic carboxylic acids is 1. The largest absolute Gasteiger partial charge is 0.481 e. The van der Waals surface area contributed by atoms with Crippen LogP contribution in [0.5, 0.6) is 0 Å².